The molecule has 0 fully saturated rings. The van der Waals surface area contributed by atoms with Crippen LogP contribution in [0.5, 0.6) is 17.2 Å². The fraction of sp³-hybridized carbons (Fsp3) is 0.150. The first-order valence-corrected chi connectivity index (χ1v) is 9.42. The molecule has 2 aromatic carbocycles. The van der Waals surface area contributed by atoms with Crippen LogP contribution in [0.15, 0.2) is 54.0 Å². The molecule has 1 heterocycles. The van der Waals surface area contributed by atoms with Crippen molar-refractivity contribution >= 4 is 34.0 Å². The maximum absolute atomic E-state index is 12.3. The summed E-state index contributed by atoms with van der Waals surface area (Å²) in [6, 6.07) is 11.7. The van der Waals surface area contributed by atoms with Crippen molar-refractivity contribution in [2.45, 2.75) is 0 Å². The Morgan fingerprint density at radius 2 is 1.79 bits per heavy atom. The average molecular weight is 413 g/mol. The minimum absolute atomic E-state index is 0.215. The van der Waals surface area contributed by atoms with E-state index in [1.807, 2.05) is 0 Å². The summed E-state index contributed by atoms with van der Waals surface area (Å²) >= 11 is 1.32. The van der Waals surface area contributed by atoms with Gasteiger partial charge in [0.1, 0.15) is 5.75 Å². The standard InChI is InChI=1S/C20H19N3O5S/c1-26-15-6-4-14(5-7-15)22-18(24)12-28-16-8-3-13(11-17(16)27-2)19(25)23-20-21-9-10-29-20/h3-11H,12H2,1-2H3,(H,22,24)(H,21,23,25). The summed E-state index contributed by atoms with van der Waals surface area (Å²) in [5, 5.41) is 7.69. The van der Waals surface area contributed by atoms with E-state index < -0.39 is 0 Å². The van der Waals surface area contributed by atoms with Crippen LogP contribution in [0.25, 0.3) is 0 Å². The van der Waals surface area contributed by atoms with Crippen molar-refractivity contribution in [3.8, 4) is 17.2 Å². The zero-order chi connectivity index (χ0) is 20.6. The molecule has 0 unspecified atom stereocenters. The molecule has 0 bridgehead atoms. The molecule has 3 aromatic rings. The van der Waals surface area contributed by atoms with Crippen molar-refractivity contribution in [2.24, 2.45) is 0 Å². The monoisotopic (exact) mass is 413 g/mol. The first kappa shape index (κ1) is 20.2. The molecule has 0 saturated heterocycles. The topological polar surface area (TPSA) is 98.8 Å². The number of ether oxygens (including phenoxy) is 3. The highest BCUT2D eigenvalue weighted by atomic mass is 32.1. The summed E-state index contributed by atoms with van der Waals surface area (Å²) in [6.45, 7) is -0.215. The Labute approximate surface area is 171 Å². The minimum atomic E-state index is -0.331. The molecule has 0 atom stereocenters. The fourth-order valence-electron chi connectivity index (χ4n) is 2.40. The van der Waals surface area contributed by atoms with Gasteiger partial charge in [-0.15, -0.1) is 11.3 Å². The molecule has 0 aliphatic rings. The summed E-state index contributed by atoms with van der Waals surface area (Å²) in [6.07, 6.45) is 1.61. The van der Waals surface area contributed by atoms with Gasteiger partial charge in [-0.3, -0.25) is 14.9 Å². The van der Waals surface area contributed by atoms with Crippen LogP contribution in [0.4, 0.5) is 10.8 Å². The van der Waals surface area contributed by atoms with Crippen LogP contribution in [0.3, 0.4) is 0 Å². The van der Waals surface area contributed by atoms with Crippen LogP contribution in [0.1, 0.15) is 10.4 Å². The van der Waals surface area contributed by atoms with Gasteiger partial charge in [-0.1, -0.05) is 0 Å². The molecule has 0 spiro atoms. The molecule has 3 rings (SSSR count). The number of amides is 2. The lowest BCUT2D eigenvalue weighted by molar-refractivity contribution is -0.118. The molecule has 29 heavy (non-hydrogen) atoms. The second-order valence-electron chi connectivity index (χ2n) is 5.72. The Morgan fingerprint density at radius 1 is 1.00 bits per heavy atom. The SMILES string of the molecule is COc1ccc(NC(=O)COc2ccc(C(=O)Nc3nccs3)cc2OC)cc1. The Hall–Kier alpha value is -3.59. The Kier molecular flexibility index (Phi) is 6.64. The minimum Gasteiger partial charge on any atom is -0.497 e. The molecular formula is C20H19N3O5S. The first-order valence-electron chi connectivity index (χ1n) is 8.54. The van der Waals surface area contributed by atoms with Gasteiger partial charge in [0, 0.05) is 22.8 Å². The summed E-state index contributed by atoms with van der Waals surface area (Å²) in [5.74, 6) is 0.741. The molecule has 9 heteroatoms. The molecule has 8 nitrogen and oxygen atoms in total. The van der Waals surface area contributed by atoms with Gasteiger partial charge in [-0.05, 0) is 42.5 Å². The second-order valence-corrected chi connectivity index (χ2v) is 6.62. The predicted octanol–water partition coefficient (Wildman–Crippen LogP) is 3.43. The summed E-state index contributed by atoms with van der Waals surface area (Å²) in [5.41, 5.74) is 1.01. The molecule has 0 radical (unpaired) electrons. The van der Waals surface area contributed by atoms with E-state index in [0.29, 0.717) is 33.6 Å². The van der Waals surface area contributed by atoms with Crippen LogP contribution in [-0.4, -0.2) is 37.6 Å². The number of aromatic nitrogens is 1. The van der Waals surface area contributed by atoms with Crippen molar-refractivity contribution in [1.82, 2.24) is 4.98 Å². The zero-order valence-electron chi connectivity index (χ0n) is 15.8. The molecule has 1 aromatic heterocycles. The Bertz CT molecular complexity index is 974. The number of anilines is 2. The lowest BCUT2D eigenvalue weighted by atomic mass is 10.2. The number of rotatable bonds is 8. The molecule has 0 aliphatic carbocycles. The highest BCUT2D eigenvalue weighted by molar-refractivity contribution is 7.13. The Balaban J connectivity index is 1.59. The third-order valence-corrected chi connectivity index (χ3v) is 4.50. The maximum Gasteiger partial charge on any atom is 0.262 e. The summed E-state index contributed by atoms with van der Waals surface area (Å²) < 4.78 is 15.9. The highest BCUT2D eigenvalue weighted by Crippen LogP contribution is 2.28. The highest BCUT2D eigenvalue weighted by Gasteiger charge is 2.13. The number of benzene rings is 2. The van der Waals surface area contributed by atoms with Crippen LogP contribution in [0.2, 0.25) is 0 Å². The van der Waals surface area contributed by atoms with Crippen molar-refractivity contribution in [2.75, 3.05) is 31.5 Å². The Morgan fingerprint density at radius 3 is 2.45 bits per heavy atom. The van der Waals surface area contributed by atoms with Crippen molar-refractivity contribution in [3.63, 3.8) is 0 Å². The third kappa shape index (κ3) is 5.45. The average Bonchev–Trinajstić information content (AvgIpc) is 3.25. The predicted molar refractivity (Wildman–Crippen MR) is 110 cm³/mol. The van der Waals surface area contributed by atoms with Gasteiger partial charge in [0.15, 0.2) is 23.2 Å². The van der Waals surface area contributed by atoms with Gasteiger partial charge in [0.25, 0.3) is 11.8 Å². The van der Waals surface area contributed by atoms with Gasteiger partial charge in [0.05, 0.1) is 14.2 Å². The van der Waals surface area contributed by atoms with E-state index in [4.69, 9.17) is 14.2 Å². The number of hydrogen-bond donors (Lipinski definition) is 2. The number of hydrogen-bond acceptors (Lipinski definition) is 7. The van der Waals surface area contributed by atoms with Crippen molar-refractivity contribution in [3.05, 3.63) is 59.6 Å². The van der Waals surface area contributed by atoms with E-state index in [0.717, 1.165) is 0 Å². The van der Waals surface area contributed by atoms with Gasteiger partial charge in [-0.2, -0.15) is 0 Å². The van der Waals surface area contributed by atoms with Crippen LogP contribution >= 0.6 is 11.3 Å². The number of nitrogens with zero attached hydrogens (tertiary/aromatic N) is 1. The van der Waals surface area contributed by atoms with Gasteiger partial charge in [0.2, 0.25) is 0 Å². The van der Waals surface area contributed by atoms with E-state index in [9.17, 15) is 9.59 Å². The largest absolute Gasteiger partial charge is 0.497 e. The fourth-order valence-corrected chi connectivity index (χ4v) is 2.92. The van der Waals surface area contributed by atoms with Crippen molar-refractivity contribution < 1.29 is 23.8 Å². The molecular weight excluding hydrogens is 394 g/mol. The molecule has 2 N–H and O–H groups in total. The van der Waals surface area contributed by atoms with Crippen molar-refractivity contribution in [1.29, 1.82) is 0 Å². The smallest absolute Gasteiger partial charge is 0.262 e. The number of carbonyl (C=O) groups is 2. The second kappa shape index (κ2) is 9.56. The lowest BCUT2D eigenvalue weighted by Crippen LogP contribution is -2.20. The molecule has 0 saturated carbocycles. The van der Waals surface area contributed by atoms with E-state index in [1.165, 1.54) is 18.4 Å². The maximum atomic E-state index is 12.3. The van der Waals surface area contributed by atoms with E-state index in [-0.39, 0.29) is 18.4 Å². The van der Waals surface area contributed by atoms with E-state index in [1.54, 1.807) is 61.2 Å². The number of thiazole rings is 1. The van der Waals surface area contributed by atoms with Gasteiger partial charge in [-0.25, -0.2) is 4.98 Å². The van der Waals surface area contributed by atoms with Gasteiger partial charge < -0.3 is 19.5 Å². The summed E-state index contributed by atoms with van der Waals surface area (Å²) in [4.78, 5) is 28.4. The summed E-state index contributed by atoms with van der Waals surface area (Å²) in [7, 11) is 3.03. The van der Waals surface area contributed by atoms with E-state index >= 15 is 0 Å². The normalized spacial score (nSPS) is 10.1. The molecule has 0 aliphatic heterocycles. The van der Waals surface area contributed by atoms with Crippen LogP contribution in [0, 0.1) is 0 Å². The van der Waals surface area contributed by atoms with Gasteiger partial charge >= 0.3 is 0 Å². The molecule has 150 valence electrons. The quantitative estimate of drug-likeness (QED) is 0.587. The molecule has 2 amide bonds. The van der Waals surface area contributed by atoms with E-state index in [2.05, 4.69) is 15.6 Å². The zero-order valence-corrected chi connectivity index (χ0v) is 16.6. The van der Waals surface area contributed by atoms with Crippen LogP contribution in [-0.2, 0) is 4.79 Å². The number of nitrogens with one attached hydrogen (secondary N) is 2. The van der Waals surface area contributed by atoms with Crippen LogP contribution < -0.4 is 24.8 Å². The lowest BCUT2D eigenvalue weighted by Gasteiger charge is -2.12. The number of methoxy groups -OCH3 is 2. The third-order valence-electron chi connectivity index (χ3n) is 3.81. The first-order chi connectivity index (χ1) is 14.1. The number of carbonyl (C=O) groups excluding carboxylic acids is 2.